The largest absolute Gasteiger partial charge is 0.497 e. The van der Waals surface area contributed by atoms with Crippen molar-refractivity contribution in [3.8, 4) is 5.75 Å². The van der Waals surface area contributed by atoms with E-state index in [1.165, 1.54) is 36.9 Å². The fourth-order valence-electron chi connectivity index (χ4n) is 3.82. The highest BCUT2D eigenvalue weighted by molar-refractivity contribution is 7.89. The zero-order valence-corrected chi connectivity index (χ0v) is 20.1. The summed E-state index contributed by atoms with van der Waals surface area (Å²) in [4.78, 5) is 15.1. The Morgan fingerprint density at radius 1 is 1.03 bits per heavy atom. The fraction of sp³-hybridized carbons (Fsp3) is 0.458. The van der Waals surface area contributed by atoms with Gasteiger partial charge in [0.2, 0.25) is 10.0 Å². The minimum Gasteiger partial charge on any atom is -0.497 e. The molecule has 3 rings (SSSR count). The number of carbonyl (C=O) groups is 1. The zero-order valence-electron chi connectivity index (χ0n) is 19.2. The van der Waals surface area contributed by atoms with E-state index in [1.807, 2.05) is 12.1 Å². The van der Waals surface area contributed by atoms with Crippen molar-refractivity contribution in [1.82, 2.24) is 14.9 Å². The lowest BCUT2D eigenvalue weighted by Crippen LogP contribution is -2.38. The number of sulfonamides is 1. The Morgan fingerprint density at radius 3 is 2.30 bits per heavy atom. The van der Waals surface area contributed by atoms with Crippen molar-refractivity contribution in [2.45, 2.75) is 24.3 Å². The van der Waals surface area contributed by atoms with Crippen molar-refractivity contribution in [1.29, 1.82) is 0 Å². The van der Waals surface area contributed by atoms with Gasteiger partial charge in [-0.2, -0.15) is 0 Å². The molecule has 2 aromatic rings. The summed E-state index contributed by atoms with van der Waals surface area (Å²) >= 11 is 0. The molecule has 0 unspecified atom stereocenters. The van der Waals surface area contributed by atoms with E-state index in [0.29, 0.717) is 24.6 Å². The molecule has 33 heavy (non-hydrogen) atoms. The molecule has 1 aliphatic heterocycles. The van der Waals surface area contributed by atoms with Gasteiger partial charge >= 0.3 is 0 Å². The Kier molecular flexibility index (Phi) is 9.25. The number of carbonyl (C=O) groups excluding carboxylic acids is 1. The zero-order chi connectivity index (χ0) is 23.7. The van der Waals surface area contributed by atoms with Crippen molar-refractivity contribution >= 4 is 15.9 Å². The number of ether oxygens (including phenoxy) is 2. The highest BCUT2D eigenvalue weighted by Crippen LogP contribution is 2.20. The average molecular weight is 476 g/mol. The van der Waals surface area contributed by atoms with Gasteiger partial charge in [0.15, 0.2) is 0 Å². The summed E-state index contributed by atoms with van der Waals surface area (Å²) in [6.45, 7) is 4.01. The molecule has 0 bridgehead atoms. The van der Waals surface area contributed by atoms with Gasteiger partial charge in [-0.25, -0.2) is 13.1 Å². The van der Waals surface area contributed by atoms with Crippen LogP contribution in [0.4, 0.5) is 0 Å². The third kappa shape index (κ3) is 7.53. The van der Waals surface area contributed by atoms with Crippen molar-refractivity contribution in [3.05, 3.63) is 59.7 Å². The van der Waals surface area contributed by atoms with Crippen molar-refractivity contribution in [2.24, 2.45) is 5.92 Å². The number of amides is 1. The monoisotopic (exact) mass is 475 g/mol. The number of hydrogen-bond acceptors (Lipinski definition) is 6. The molecule has 2 aromatic carbocycles. The summed E-state index contributed by atoms with van der Waals surface area (Å²) in [5.74, 6) is 1.11. The molecule has 0 aliphatic carbocycles. The summed E-state index contributed by atoms with van der Waals surface area (Å²) < 4.78 is 36.9. The van der Waals surface area contributed by atoms with Crippen LogP contribution in [0.5, 0.6) is 5.75 Å². The first-order chi connectivity index (χ1) is 15.9. The normalized spacial score (nSPS) is 15.3. The smallest absolute Gasteiger partial charge is 0.251 e. The summed E-state index contributed by atoms with van der Waals surface area (Å²) in [5.41, 5.74) is 1.71. The minimum absolute atomic E-state index is 0.124. The lowest BCUT2D eigenvalue weighted by Gasteiger charge is -2.32. The Morgan fingerprint density at radius 2 is 1.70 bits per heavy atom. The molecule has 0 spiro atoms. The molecule has 0 aromatic heterocycles. The van der Waals surface area contributed by atoms with Gasteiger partial charge in [-0.1, -0.05) is 12.1 Å². The lowest BCUT2D eigenvalue weighted by molar-refractivity contribution is 0.0935. The van der Waals surface area contributed by atoms with Crippen LogP contribution in [0.2, 0.25) is 0 Å². The third-order valence-electron chi connectivity index (χ3n) is 5.85. The topological polar surface area (TPSA) is 97.0 Å². The quantitative estimate of drug-likeness (QED) is 0.484. The maximum Gasteiger partial charge on any atom is 0.251 e. The number of nitrogens with one attached hydrogen (secondary N) is 2. The van der Waals surface area contributed by atoms with E-state index >= 15 is 0 Å². The molecule has 0 radical (unpaired) electrons. The van der Waals surface area contributed by atoms with Gasteiger partial charge < -0.3 is 14.8 Å². The highest BCUT2D eigenvalue weighted by Gasteiger charge is 2.20. The maximum atomic E-state index is 12.5. The van der Waals surface area contributed by atoms with Gasteiger partial charge in [0.05, 0.1) is 18.6 Å². The van der Waals surface area contributed by atoms with Crippen LogP contribution in [0.25, 0.3) is 0 Å². The van der Waals surface area contributed by atoms with E-state index in [0.717, 1.165) is 38.2 Å². The van der Waals surface area contributed by atoms with E-state index in [9.17, 15) is 13.2 Å². The molecule has 0 saturated carbocycles. The van der Waals surface area contributed by atoms with Crippen LogP contribution in [-0.4, -0.2) is 66.2 Å². The Labute approximate surface area is 196 Å². The molecule has 180 valence electrons. The first-order valence-electron chi connectivity index (χ1n) is 11.1. The van der Waals surface area contributed by atoms with Crippen molar-refractivity contribution in [2.75, 3.05) is 47.0 Å². The minimum atomic E-state index is -3.61. The number of rotatable bonds is 11. The summed E-state index contributed by atoms with van der Waals surface area (Å²) in [7, 11) is -0.433. The number of methoxy groups -OCH3 is 2. The van der Waals surface area contributed by atoms with E-state index in [-0.39, 0.29) is 17.3 Å². The fourth-order valence-corrected chi connectivity index (χ4v) is 4.84. The molecule has 9 heteroatoms. The van der Waals surface area contributed by atoms with Gasteiger partial charge in [-0.3, -0.25) is 9.69 Å². The first-order valence-corrected chi connectivity index (χ1v) is 12.6. The van der Waals surface area contributed by atoms with Gasteiger partial charge in [0.1, 0.15) is 5.75 Å². The molecule has 1 fully saturated rings. The van der Waals surface area contributed by atoms with Crippen LogP contribution >= 0.6 is 0 Å². The van der Waals surface area contributed by atoms with Gasteiger partial charge in [0, 0.05) is 32.3 Å². The van der Waals surface area contributed by atoms with Crippen LogP contribution in [-0.2, 0) is 21.3 Å². The SMILES string of the molecule is COCCNS(=O)(=O)c1ccc(C(=O)NCC2CCN(Cc3ccc(OC)cc3)CC2)cc1. The number of nitrogens with zero attached hydrogens (tertiary/aromatic N) is 1. The van der Waals surface area contributed by atoms with E-state index in [1.54, 1.807) is 7.11 Å². The maximum absolute atomic E-state index is 12.5. The highest BCUT2D eigenvalue weighted by atomic mass is 32.2. The number of likely N-dealkylation sites (tertiary alicyclic amines) is 1. The Balaban J connectivity index is 1.42. The van der Waals surface area contributed by atoms with E-state index < -0.39 is 10.0 Å². The molecule has 1 heterocycles. The molecular weight excluding hydrogens is 442 g/mol. The molecule has 1 aliphatic rings. The second-order valence-electron chi connectivity index (χ2n) is 8.19. The van der Waals surface area contributed by atoms with Crippen molar-refractivity contribution in [3.63, 3.8) is 0 Å². The van der Waals surface area contributed by atoms with Gasteiger partial charge in [-0.05, 0) is 73.8 Å². The molecule has 1 amide bonds. The number of hydrogen-bond donors (Lipinski definition) is 2. The molecular formula is C24H33N3O5S. The second kappa shape index (κ2) is 12.1. The predicted molar refractivity (Wildman–Crippen MR) is 127 cm³/mol. The van der Waals surface area contributed by atoms with Crippen LogP contribution in [0.15, 0.2) is 53.4 Å². The lowest BCUT2D eigenvalue weighted by atomic mass is 9.96. The second-order valence-corrected chi connectivity index (χ2v) is 9.96. The predicted octanol–water partition coefficient (Wildman–Crippen LogP) is 2.26. The first kappa shape index (κ1) is 25.2. The molecule has 8 nitrogen and oxygen atoms in total. The summed E-state index contributed by atoms with van der Waals surface area (Å²) in [6, 6.07) is 14.1. The van der Waals surface area contributed by atoms with E-state index in [2.05, 4.69) is 27.1 Å². The Bertz CT molecular complexity index is 986. The number of benzene rings is 2. The number of piperidine rings is 1. The van der Waals surface area contributed by atoms with Gasteiger partial charge in [0.25, 0.3) is 5.91 Å². The molecule has 2 N–H and O–H groups in total. The van der Waals surface area contributed by atoms with Crippen molar-refractivity contribution < 1.29 is 22.7 Å². The van der Waals surface area contributed by atoms with Crippen LogP contribution in [0.1, 0.15) is 28.8 Å². The van der Waals surface area contributed by atoms with Crippen LogP contribution < -0.4 is 14.8 Å². The summed E-state index contributed by atoms with van der Waals surface area (Å²) in [6.07, 6.45) is 2.06. The van der Waals surface area contributed by atoms with Crippen LogP contribution in [0, 0.1) is 5.92 Å². The van der Waals surface area contributed by atoms with Gasteiger partial charge in [-0.15, -0.1) is 0 Å². The average Bonchev–Trinajstić information content (AvgIpc) is 2.84. The van der Waals surface area contributed by atoms with Crippen LogP contribution in [0.3, 0.4) is 0 Å². The van der Waals surface area contributed by atoms with E-state index in [4.69, 9.17) is 9.47 Å². The summed E-state index contributed by atoms with van der Waals surface area (Å²) in [5, 5.41) is 2.99. The third-order valence-corrected chi connectivity index (χ3v) is 7.33. The molecule has 0 atom stereocenters. The Hall–Kier alpha value is -2.46. The standard InChI is InChI=1S/C24H33N3O5S/c1-31-16-13-26-33(29,30)23-9-5-21(6-10-23)24(28)25-17-19-11-14-27(15-12-19)18-20-3-7-22(32-2)8-4-20/h3-10,19,26H,11-18H2,1-2H3,(H,25,28). The molecule has 1 saturated heterocycles.